The van der Waals surface area contributed by atoms with Gasteiger partial charge in [0.2, 0.25) is 5.91 Å². The Morgan fingerprint density at radius 2 is 2.04 bits per heavy atom. The van der Waals surface area contributed by atoms with Gasteiger partial charge in [-0.1, -0.05) is 17.7 Å². The molecule has 0 bridgehead atoms. The minimum atomic E-state index is -0.708. The molecule has 1 amide bonds. The number of halogens is 2. The van der Waals surface area contributed by atoms with Crippen molar-refractivity contribution in [3.63, 3.8) is 0 Å². The van der Waals surface area contributed by atoms with Gasteiger partial charge in [0.15, 0.2) is 12.4 Å². The Morgan fingerprint density at radius 1 is 1.26 bits per heavy atom. The number of nitrogens with zero attached hydrogens (tertiary/aromatic N) is 1. The van der Waals surface area contributed by atoms with Gasteiger partial charge >= 0.3 is 5.97 Å². The molecule has 2 aromatic carbocycles. The highest BCUT2D eigenvalue weighted by atomic mass is 35.5. The molecule has 5 nitrogen and oxygen atoms in total. The van der Waals surface area contributed by atoms with Crippen LogP contribution in [0.2, 0.25) is 5.02 Å². The lowest BCUT2D eigenvalue weighted by Crippen LogP contribution is -2.20. The maximum Gasteiger partial charge on any atom is 0.331 e. The van der Waals surface area contributed by atoms with Gasteiger partial charge < -0.3 is 9.64 Å². The molecule has 0 N–H and O–H groups in total. The van der Waals surface area contributed by atoms with Crippen LogP contribution in [0.15, 0.2) is 42.5 Å². The van der Waals surface area contributed by atoms with E-state index in [1.807, 2.05) is 0 Å². The molecule has 2 aromatic rings. The molecular weight excluding hydrogens is 373 g/mol. The molecule has 0 radical (unpaired) electrons. The third-order valence-electron chi connectivity index (χ3n) is 4.18. The number of esters is 1. The molecule has 1 heterocycles. The number of amides is 1. The summed E-state index contributed by atoms with van der Waals surface area (Å²) in [6.45, 7) is -0.421. The van der Waals surface area contributed by atoms with Crippen molar-refractivity contribution in [3.05, 3.63) is 70.0 Å². The first-order chi connectivity index (χ1) is 12.8. The minimum Gasteiger partial charge on any atom is -0.454 e. The predicted octanol–water partition coefficient (Wildman–Crippen LogP) is 3.44. The van der Waals surface area contributed by atoms with Gasteiger partial charge in [-0.05, 0) is 47.5 Å². The van der Waals surface area contributed by atoms with Crippen LogP contribution in [0.3, 0.4) is 0 Å². The first kappa shape index (κ1) is 18.8. The number of hydrogen-bond acceptors (Lipinski definition) is 4. The van der Waals surface area contributed by atoms with Crippen molar-refractivity contribution in [2.24, 2.45) is 0 Å². The molecule has 0 atom stereocenters. The average molecular weight is 388 g/mol. The van der Waals surface area contributed by atoms with Gasteiger partial charge in [0, 0.05) is 24.4 Å². The number of ether oxygens (including phenoxy) is 1. The Hall–Kier alpha value is -2.99. The molecule has 1 aliphatic rings. The van der Waals surface area contributed by atoms with E-state index in [1.165, 1.54) is 29.2 Å². The van der Waals surface area contributed by atoms with E-state index in [0.717, 1.165) is 17.3 Å². The van der Waals surface area contributed by atoms with E-state index >= 15 is 0 Å². The Morgan fingerprint density at radius 3 is 2.78 bits per heavy atom. The van der Waals surface area contributed by atoms with E-state index < -0.39 is 18.4 Å². The summed E-state index contributed by atoms with van der Waals surface area (Å²) in [7, 11) is 1.68. The summed E-state index contributed by atoms with van der Waals surface area (Å²) in [5, 5.41) is -0.0542. The Balaban J connectivity index is 1.58. The van der Waals surface area contributed by atoms with Crippen molar-refractivity contribution in [2.75, 3.05) is 18.6 Å². The van der Waals surface area contributed by atoms with Gasteiger partial charge in [-0.15, -0.1) is 0 Å². The summed E-state index contributed by atoms with van der Waals surface area (Å²) in [5.41, 5.74) is 2.44. The van der Waals surface area contributed by atoms with Crippen molar-refractivity contribution < 1.29 is 23.5 Å². The van der Waals surface area contributed by atoms with E-state index in [2.05, 4.69) is 0 Å². The second-order valence-corrected chi connectivity index (χ2v) is 6.42. The lowest BCUT2D eigenvalue weighted by atomic mass is 10.1. The number of rotatable bonds is 5. The van der Waals surface area contributed by atoms with E-state index in [9.17, 15) is 18.8 Å². The largest absolute Gasteiger partial charge is 0.454 e. The number of Topliss-reactive ketones (excluding diaryl/α,β-unsaturated/α-hetero) is 1. The highest BCUT2D eigenvalue weighted by molar-refractivity contribution is 6.30. The third-order valence-corrected chi connectivity index (χ3v) is 4.47. The second-order valence-electron chi connectivity index (χ2n) is 6.01. The summed E-state index contributed by atoms with van der Waals surface area (Å²) in [5.74, 6) is -1.66. The summed E-state index contributed by atoms with van der Waals surface area (Å²) in [6.07, 6.45) is 2.79. The Labute approximate surface area is 160 Å². The molecule has 0 fully saturated rings. The quantitative estimate of drug-likeness (QED) is 0.448. The van der Waals surface area contributed by atoms with Crippen LogP contribution < -0.4 is 4.90 Å². The van der Waals surface area contributed by atoms with Crippen molar-refractivity contribution in [3.8, 4) is 0 Å². The van der Waals surface area contributed by atoms with E-state index in [1.54, 1.807) is 25.2 Å². The van der Waals surface area contributed by atoms with Crippen LogP contribution in [0.4, 0.5) is 10.1 Å². The number of carbonyl (C=O) groups excluding carboxylic acids is 3. The molecule has 0 aliphatic carbocycles. The summed E-state index contributed by atoms with van der Waals surface area (Å²) >= 11 is 5.66. The first-order valence-electron chi connectivity index (χ1n) is 8.07. The fourth-order valence-corrected chi connectivity index (χ4v) is 2.88. The molecule has 0 saturated heterocycles. The SMILES string of the molecule is CN1C(=O)Cc2cc(C(=O)COC(=O)/C=C/c3ccc(F)c(Cl)c3)ccc21. The monoisotopic (exact) mass is 387 g/mol. The number of likely N-dealkylation sites (N-methyl/N-ethyl adjacent to an activating group) is 1. The molecule has 7 heteroatoms. The third kappa shape index (κ3) is 4.23. The molecule has 138 valence electrons. The number of hydrogen-bond donors (Lipinski definition) is 0. The van der Waals surface area contributed by atoms with Crippen LogP contribution in [0.25, 0.3) is 6.08 Å². The van der Waals surface area contributed by atoms with Gasteiger partial charge in [-0.25, -0.2) is 9.18 Å². The number of benzene rings is 2. The fourth-order valence-electron chi connectivity index (χ4n) is 2.69. The van der Waals surface area contributed by atoms with Crippen molar-refractivity contribution in [2.45, 2.75) is 6.42 Å². The minimum absolute atomic E-state index is 0.0351. The molecule has 0 saturated carbocycles. The van der Waals surface area contributed by atoms with Crippen LogP contribution in [-0.4, -0.2) is 31.3 Å². The first-order valence-corrected chi connectivity index (χ1v) is 8.45. The molecular formula is C20H15ClFNO4. The molecule has 3 rings (SSSR count). The van der Waals surface area contributed by atoms with Crippen LogP contribution >= 0.6 is 11.6 Å². The highest BCUT2D eigenvalue weighted by Gasteiger charge is 2.24. The zero-order valence-corrected chi connectivity index (χ0v) is 15.1. The van der Waals surface area contributed by atoms with Crippen LogP contribution in [0.5, 0.6) is 0 Å². The summed E-state index contributed by atoms with van der Waals surface area (Å²) in [6, 6.07) is 8.96. The van der Waals surface area contributed by atoms with E-state index in [4.69, 9.17) is 16.3 Å². The normalized spacial score (nSPS) is 13.1. The topological polar surface area (TPSA) is 63.7 Å². The van der Waals surface area contributed by atoms with Crippen LogP contribution in [-0.2, 0) is 20.7 Å². The number of ketones is 1. The summed E-state index contributed by atoms with van der Waals surface area (Å²) < 4.78 is 18.0. The van der Waals surface area contributed by atoms with E-state index in [-0.39, 0.29) is 23.1 Å². The number of anilines is 1. The maximum absolute atomic E-state index is 13.1. The van der Waals surface area contributed by atoms with Gasteiger partial charge in [0.1, 0.15) is 5.82 Å². The average Bonchev–Trinajstić information content (AvgIpc) is 2.94. The highest BCUT2D eigenvalue weighted by Crippen LogP contribution is 2.28. The lowest BCUT2D eigenvalue weighted by Gasteiger charge is -2.10. The second kappa shape index (κ2) is 7.72. The van der Waals surface area contributed by atoms with Gasteiger partial charge in [-0.2, -0.15) is 0 Å². The predicted molar refractivity (Wildman–Crippen MR) is 99.3 cm³/mol. The summed E-state index contributed by atoms with van der Waals surface area (Å²) in [4.78, 5) is 37.2. The Kier molecular flexibility index (Phi) is 5.37. The van der Waals surface area contributed by atoms with Gasteiger partial charge in [0.05, 0.1) is 11.4 Å². The smallest absolute Gasteiger partial charge is 0.331 e. The zero-order valence-electron chi connectivity index (χ0n) is 14.4. The molecule has 27 heavy (non-hydrogen) atoms. The van der Waals surface area contributed by atoms with Gasteiger partial charge in [0.25, 0.3) is 0 Å². The van der Waals surface area contributed by atoms with Crippen molar-refractivity contribution in [1.29, 1.82) is 0 Å². The molecule has 1 aliphatic heterocycles. The van der Waals surface area contributed by atoms with Crippen LogP contribution in [0, 0.1) is 5.82 Å². The Bertz CT molecular complexity index is 970. The zero-order chi connectivity index (χ0) is 19.6. The molecule has 0 spiro atoms. The number of fused-ring (bicyclic) bond motifs is 1. The van der Waals surface area contributed by atoms with Crippen LogP contribution in [0.1, 0.15) is 21.5 Å². The molecule has 0 unspecified atom stereocenters. The van der Waals surface area contributed by atoms with Crippen molar-refractivity contribution in [1.82, 2.24) is 0 Å². The maximum atomic E-state index is 13.1. The standard InChI is InChI=1S/C20H15ClFNO4/c1-23-17-6-4-13(9-14(17)10-19(23)25)18(24)11-27-20(26)7-3-12-2-5-16(22)15(21)8-12/h2-9H,10-11H2,1H3/b7-3+. The lowest BCUT2D eigenvalue weighted by molar-refractivity contribution is -0.136. The number of carbonyl (C=O) groups is 3. The van der Waals surface area contributed by atoms with Gasteiger partial charge in [-0.3, -0.25) is 9.59 Å². The van der Waals surface area contributed by atoms with E-state index in [0.29, 0.717) is 11.1 Å². The van der Waals surface area contributed by atoms with Crippen molar-refractivity contribution >= 4 is 41.0 Å². The fraction of sp³-hybridized carbons (Fsp3) is 0.150. The molecule has 0 aromatic heterocycles.